The molecule has 3 aromatic rings. The van der Waals surface area contributed by atoms with Crippen LogP contribution >= 0.6 is 0 Å². The summed E-state index contributed by atoms with van der Waals surface area (Å²) < 4.78 is 48.3. The Morgan fingerprint density at radius 3 is 2.38 bits per heavy atom. The smallest absolute Gasteiger partial charge is 0.246 e. The lowest BCUT2D eigenvalue weighted by atomic mass is 9.97. The number of hydrogen-bond acceptors (Lipinski definition) is 9. The fourth-order valence-electron chi connectivity index (χ4n) is 5.14. The van der Waals surface area contributed by atoms with Crippen molar-refractivity contribution in [3.8, 4) is 34.8 Å². The van der Waals surface area contributed by atoms with Crippen molar-refractivity contribution in [1.29, 1.82) is 5.26 Å². The molecule has 1 aliphatic heterocycles. The third-order valence-corrected chi connectivity index (χ3v) is 10.9. The highest BCUT2D eigenvalue weighted by molar-refractivity contribution is 7.92. The standard InChI is InChI=1S/C28H38N6O6SSi/c1-20-18-28(2,19-29)32(26(20)35)13-16-41(36,37)33(14-17-42(5,6)7)27-31-30-25(23-12-9-15-40-23)34(27)24-21(38-3)10-8-11-22(24)39-4/h8-12,15,20H,13-14,16-18H2,1-7H3/t20-,28+/m0/s1. The van der Waals surface area contributed by atoms with E-state index < -0.39 is 29.4 Å². The van der Waals surface area contributed by atoms with E-state index in [0.717, 1.165) is 0 Å². The number of nitrogens with zero attached hydrogens (tertiary/aromatic N) is 6. The van der Waals surface area contributed by atoms with Crippen LogP contribution in [-0.4, -0.2) is 80.7 Å². The van der Waals surface area contributed by atoms with E-state index in [4.69, 9.17) is 13.9 Å². The molecule has 2 atom stereocenters. The van der Waals surface area contributed by atoms with Gasteiger partial charge in [-0.25, -0.2) is 12.7 Å². The zero-order chi connectivity index (χ0) is 30.9. The van der Waals surface area contributed by atoms with Crippen LogP contribution in [0.2, 0.25) is 25.7 Å². The molecule has 14 heteroatoms. The molecule has 4 rings (SSSR count). The predicted octanol–water partition coefficient (Wildman–Crippen LogP) is 4.17. The number of carbonyl (C=O) groups is 1. The maximum atomic E-state index is 14.2. The fraction of sp³-hybridized carbons (Fsp3) is 0.500. The van der Waals surface area contributed by atoms with Crippen molar-refractivity contribution in [3.63, 3.8) is 0 Å². The maximum absolute atomic E-state index is 14.2. The van der Waals surface area contributed by atoms with E-state index in [1.54, 1.807) is 48.7 Å². The van der Waals surface area contributed by atoms with Gasteiger partial charge in [0.25, 0.3) is 0 Å². The second-order valence-electron chi connectivity index (χ2n) is 11.8. The lowest BCUT2D eigenvalue weighted by molar-refractivity contribution is -0.132. The first-order chi connectivity index (χ1) is 19.8. The summed E-state index contributed by atoms with van der Waals surface area (Å²) in [7, 11) is -2.82. The number of ether oxygens (including phenoxy) is 2. The highest BCUT2D eigenvalue weighted by Crippen LogP contribution is 2.39. The summed E-state index contributed by atoms with van der Waals surface area (Å²) in [6.07, 6.45) is 1.84. The van der Waals surface area contributed by atoms with Crippen LogP contribution in [0.3, 0.4) is 0 Å². The molecule has 0 aliphatic carbocycles. The van der Waals surface area contributed by atoms with Crippen molar-refractivity contribution in [2.24, 2.45) is 5.92 Å². The molecule has 0 radical (unpaired) electrons. The maximum Gasteiger partial charge on any atom is 0.246 e. The lowest BCUT2D eigenvalue weighted by Gasteiger charge is -2.31. The van der Waals surface area contributed by atoms with Crippen molar-refractivity contribution in [3.05, 3.63) is 36.6 Å². The van der Waals surface area contributed by atoms with Crippen LogP contribution in [-0.2, 0) is 14.8 Å². The van der Waals surface area contributed by atoms with Crippen LogP contribution in [0.25, 0.3) is 17.3 Å². The van der Waals surface area contributed by atoms with Gasteiger partial charge in [-0.15, -0.1) is 10.2 Å². The Hall–Kier alpha value is -3.83. The molecule has 0 spiro atoms. The number of benzene rings is 1. The van der Waals surface area contributed by atoms with Gasteiger partial charge in [-0.3, -0.25) is 9.36 Å². The Morgan fingerprint density at radius 2 is 1.83 bits per heavy atom. The third kappa shape index (κ3) is 6.02. The summed E-state index contributed by atoms with van der Waals surface area (Å²) in [4.78, 5) is 14.3. The van der Waals surface area contributed by atoms with Gasteiger partial charge in [0.05, 0.1) is 32.3 Å². The summed E-state index contributed by atoms with van der Waals surface area (Å²) in [6, 6.07) is 11.5. The van der Waals surface area contributed by atoms with Crippen LogP contribution in [0, 0.1) is 17.2 Å². The first-order valence-electron chi connectivity index (χ1n) is 13.7. The number of para-hydroxylation sites is 1. The van der Waals surface area contributed by atoms with Crippen LogP contribution in [0.1, 0.15) is 20.3 Å². The predicted molar refractivity (Wildman–Crippen MR) is 161 cm³/mol. The number of anilines is 1. The number of amides is 1. The van der Waals surface area contributed by atoms with Crippen molar-refractivity contribution in [2.45, 2.75) is 51.5 Å². The minimum Gasteiger partial charge on any atom is -0.494 e. The molecular formula is C28H38N6O6SSi. The van der Waals surface area contributed by atoms with Gasteiger partial charge in [0.15, 0.2) is 5.76 Å². The van der Waals surface area contributed by atoms with Gasteiger partial charge in [0.2, 0.25) is 27.7 Å². The van der Waals surface area contributed by atoms with Crippen molar-refractivity contribution in [1.82, 2.24) is 19.7 Å². The van der Waals surface area contributed by atoms with E-state index in [2.05, 4.69) is 35.9 Å². The van der Waals surface area contributed by atoms with Crippen LogP contribution in [0.5, 0.6) is 11.5 Å². The number of carbonyl (C=O) groups excluding carboxylic acids is 1. The average molecular weight is 615 g/mol. The van der Waals surface area contributed by atoms with Gasteiger partial charge in [0.1, 0.15) is 22.7 Å². The molecule has 1 aromatic carbocycles. The molecule has 42 heavy (non-hydrogen) atoms. The summed E-state index contributed by atoms with van der Waals surface area (Å²) in [5, 5.41) is 18.6. The number of likely N-dealkylation sites (tertiary alicyclic amines) is 1. The molecule has 3 heterocycles. The quantitative estimate of drug-likeness (QED) is 0.275. The van der Waals surface area contributed by atoms with Gasteiger partial charge >= 0.3 is 0 Å². The number of hydrogen-bond donors (Lipinski definition) is 0. The number of rotatable bonds is 12. The molecule has 1 amide bonds. The fourth-order valence-corrected chi connectivity index (χ4v) is 7.57. The molecule has 226 valence electrons. The summed E-state index contributed by atoms with van der Waals surface area (Å²) in [6.45, 7) is 9.91. The average Bonchev–Trinajstić information content (AvgIpc) is 3.66. The second kappa shape index (κ2) is 11.8. The van der Waals surface area contributed by atoms with E-state index in [0.29, 0.717) is 35.4 Å². The van der Waals surface area contributed by atoms with Crippen LogP contribution < -0.4 is 13.8 Å². The molecule has 0 N–H and O–H groups in total. The van der Waals surface area contributed by atoms with Crippen LogP contribution in [0.15, 0.2) is 41.0 Å². The Labute approximate surface area is 247 Å². The minimum atomic E-state index is -4.09. The van der Waals surface area contributed by atoms with Gasteiger partial charge in [-0.05, 0) is 43.7 Å². The molecule has 0 bridgehead atoms. The Kier molecular flexibility index (Phi) is 8.75. The van der Waals surface area contributed by atoms with Gasteiger partial charge < -0.3 is 18.8 Å². The molecule has 0 unspecified atom stereocenters. The molecule has 0 saturated carbocycles. The first-order valence-corrected chi connectivity index (χ1v) is 19.0. The topological polar surface area (TPSA) is 144 Å². The molecule has 12 nitrogen and oxygen atoms in total. The van der Waals surface area contributed by atoms with E-state index in [1.165, 1.54) is 29.7 Å². The van der Waals surface area contributed by atoms with Crippen molar-refractivity contribution < 1.29 is 27.1 Å². The van der Waals surface area contributed by atoms with Gasteiger partial charge in [-0.1, -0.05) is 32.6 Å². The van der Waals surface area contributed by atoms with Gasteiger partial charge in [0, 0.05) is 27.1 Å². The van der Waals surface area contributed by atoms with E-state index in [1.807, 2.05) is 0 Å². The highest BCUT2D eigenvalue weighted by Gasteiger charge is 2.47. The van der Waals surface area contributed by atoms with E-state index >= 15 is 0 Å². The zero-order valence-electron chi connectivity index (χ0n) is 25.1. The Morgan fingerprint density at radius 1 is 1.17 bits per heavy atom. The van der Waals surface area contributed by atoms with Crippen LogP contribution in [0.4, 0.5) is 5.95 Å². The van der Waals surface area contributed by atoms with E-state index in [9.17, 15) is 18.5 Å². The normalized spacial score (nSPS) is 19.1. The van der Waals surface area contributed by atoms with Gasteiger partial charge in [-0.2, -0.15) is 5.26 Å². The summed E-state index contributed by atoms with van der Waals surface area (Å²) in [5.74, 6) is 0.478. The molecule has 1 aliphatic rings. The Bertz CT molecular complexity index is 1550. The Balaban J connectivity index is 1.87. The minimum absolute atomic E-state index is 0.0339. The summed E-state index contributed by atoms with van der Waals surface area (Å²) >= 11 is 0. The number of methoxy groups -OCH3 is 2. The molecule has 2 aromatic heterocycles. The number of sulfonamides is 1. The van der Waals surface area contributed by atoms with E-state index in [-0.39, 0.29) is 36.7 Å². The highest BCUT2D eigenvalue weighted by atomic mass is 32.2. The second-order valence-corrected chi connectivity index (χ2v) is 19.5. The largest absolute Gasteiger partial charge is 0.494 e. The van der Waals surface area contributed by atoms with Crippen molar-refractivity contribution in [2.75, 3.05) is 37.4 Å². The molecule has 1 saturated heterocycles. The first kappa shape index (κ1) is 31.1. The monoisotopic (exact) mass is 614 g/mol. The number of furan rings is 1. The number of nitriles is 1. The third-order valence-electron chi connectivity index (χ3n) is 7.44. The SMILES string of the molecule is COc1cccc(OC)c1-n1c(-c2ccco2)nnc1N(CC[Si](C)(C)C)S(=O)(=O)CCN1C(=O)[C@@H](C)C[C@]1(C)C#N. The zero-order valence-corrected chi connectivity index (χ0v) is 26.9. The van der Waals surface area contributed by atoms with Crippen molar-refractivity contribution >= 4 is 30.0 Å². The summed E-state index contributed by atoms with van der Waals surface area (Å²) in [5.41, 5.74) is -0.672. The number of aromatic nitrogens is 3. The molecule has 1 fully saturated rings. The lowest BCUT2D eigenvalue weighted by Crippen LogP contribution is -2.47. The molecular weight excluding hydrogens is 576 g/mol.